The molecule has 2 aromatic carbocycles. The Balaban J connectivity index is 1.59. The van der Waals surface area contributed by atoms with Crippen LogP contribution in [0.4, 0.5) is 11.4 Å². The van der Waals surface area contributed by atoms with Gasteiger partial charge >= 0.3 is 0 Å². The van der Waals surface area contributed by atoms with Crippen molar-refractivity contribution in [3.8, 4) is 5.69 Å². The maximum absolute atomic E-state index is 12.2. The number of hydrogen-bond donors (Lipinski definition) is 2. The van der Waals surface area contributed by atoms with Crippen molar-refractivity contribution in [2.45, 2.75) is 19.0 Å². The highest BCUT2D eigenvalue weighted by atomic mass is 32.2. The lowest BCUT2D eigenvalue weighted by Crippen LogP contribution is -2.14. The van der Waals surface area contributed by atoms with Gasteiger partial charge in [-0.1, -0.05) is 23.9 Å². The predicted octanol–water partition coefficient (Wildman–Crippen LogP) is 3.87. The fourth-order valence-electron chi connectivity index (χ4n) is 2.54. The van der Waals surface area contributed by atoms with Crippen molar-refractivity contribution >= 4 is 35.0 Å². The molecule has 2 N–H and O–H groups in total. The maximum Gasteiger partial charge on any atom is 0.234 e. The zero-order chi connectivity index (χ0) is 19.2. The van der Waals surface area contributed by atoms with Crippen molar-refractivity contribution < 1.29 is 9.59 Å². The van der Waals surface area contributed by atoms with Crippen molar-refractivity contribution in [2.24, 2.45) is 0 Å². The van der Waals surface area contributed by atoms with Crippen LogP contribution >= 0.6 is 11.8 Å². The molecule has 2 amide bonds. The number of nitrogens with one attached hydrogen (secondary N) is 2. The highest BCUT2D eigenvalue weighted by Gasteiger charge is 2.10. The molecular weight excluding hydrogens is 360 g/mol. The van der Waals surface area contributed by atoms with Gasteiger partial charge in [-0.15, -0.1) is 0 Å². The van der Waals surface area contributed by atoms with Crippen LogP contribution in [-0.4, -0.2) is 27.1 Å². The molecule has 27 heavy (non-hydrogen) atoms. The molecule has 0 bridgehead atoms. The van der Waals surface area contributed by atoms with E-state index in [0.717, 1.165) is 16.4 Å². The van der Waals surface area contributed by atoms with Gasteiger partial charge in [-0.3, -0.25) is 14.2 Å². The number of aryl methyl sites for hydroxylation is 1. The topological polar surface area (TPSA) is 76.0 Å². The summed E-state index contributed by atoms with van der Waals surface area (Å²) in [4.78, 5) is 27.6. The van der Waals surface area contributed by atoms with Gasteiger partial charge in [-0.05, 0) is 48.9 Å². The smallest absolute Gasteiger partial charge is 0.234 e. The minimum Gasteiger partial charge on any atom is -0.326 e. The van der Waals surface area contributed by atoms with Crippen molar-refractivity contribution in [3.63, 3.8) is 0 Å². The van der Waals surface area contributed by atoms with Crippen LogP contribution in [0.5, 0.6) is 0 Å². The van der Waals surface area contributed by atoms with E-state index in [9.17, 15) is 9.59 Å². The second-order valence-electron chi connectivity index (χ2n) is 6.01. The number of thioether (sulfide) groups is 1. The van der Waals surface area contributed by atoms with Gasteiger partial charge in [0.15, 0.2) is 5.16 Å². The van der Waals surface area contributed by atoms with Gasteiger partial charge < -0.3 is 10.6 Å². The predicted molar refractivity (Wildman–Crippen MR) is 108 cm³/mol. The first-order valence-electron chi connectivity index (χ1n) is 8.42. The zero-order valence-corrected chi connectivity index (χ0v) is 15.9. The van der Waals surface area contributed by atoms with E-state index in [1.807, 2.05) is 35.9 Å². The number of benzene rings is 2. The van der Waals surface area contributed by atoms with Gasteiger partial charge in [0.05, 0.1) is 5.75 Å². The van der Waals surface area contributed by atoms with Crippen molar-refractivity contribution in [1.82, 2.24) is 9.55 Å². The van der Waals surface area contributed by atoms with Crippen LogP contribution in [0.3, 0.4) is 0 Å². The number of anilines is 2. The third-order valence-electron chi connectivity index (χ3n) is 3.71. The molecule has 0 aliphatic carbocycles. The highest BCUT2D eigenvalue weighted by Crippen LogP contribution is 2.21. The number of carbonyl (C=O) groups excluding carboxylic acids is 2. The number of carbonyl (C=O) groups is 2. The molecule has 1 aromatic heterocycles. The molecule has 1 heterocycles. The molecule has 6 nitrogen and oxygen atoms in total. The Bertz CT molecular complexity index is 951. The van der Waals surface area contributed by atoms with E-state index in [4.69, 9.17) is 0 Å². The summed E-state index contributed by atoms with van der Waals surface area (Å²) in [5.41, 5.74) is 3.55. The van der Waals surface area contributed by atoms with E-state index in [0.29, 0.717) is 11.4 Å². The van der Waals surface area contributed by atoms with E-state index < -0.39 is 0 Å². The Kier molecular flexibility index (Phi) is 5.93. The lowest BCUT2D eigenvalue weighted by Gasteiger charge is -2.09. The first-order chi connectivity index (χ1) is 13.0. The van der Waals surface area contributed by atoms with E-state index in [2.05, 4.69) is 21.7 Å². The monoisotopic (exact) mass is 380 g/mol. The van der Waals surface area contributed by atoms with E-state index in [1.54, 1.807) is 30.5 Å². The first kappa shape index (κ1) is 18.7. The number of imidazole rings is 1. The summed E-state index contributed by atoms with van der Waals surface area (Å²) in [6.07, 6.45) is 3.61. The van der Waals surface area contributed by atoms with Crippen molar-refractivity contribution in [2.75, 3.05) is 16.4 Å². The molecule has 3 aromatic rings. The molecule has 7 heteroatoms. The summed E-state index contributed by atoms with van der Waals surface area (Å²) in [5.74, 6) is -0.00521. The number of hydrogen-bond acceptors (Lipinski definition) is 4. The lowest BCUT2D eigenvalue weighted by atomic mass is 10.2. The fourth-order valence-corrected chi connectivity index (χ4v) is 3.31. The van der Waals surface area contributed by atoms with Crippen LogP contribution < -0.4 is 10.6 Å². The second kappa shape index (κ2) is 8.55. The fraction of sp³-hybridized carbons (Fsp3) is 0.150. The molecule has 0 saturated heterocycles. The summed E-state index contributed by atoms with van der Waals surface area (Å²) < 4.78 is 1.97. The third-order valence-corrected chi connectivity index (χ3v) is 4.67. The van der Waals surface area contributed by atoms with E-state index in [-0.39, 0.29) is 17.6 Å². The molecule has 138 valence electrons. The normalized spacial score (nSPS) is 10.4. The summed E-state index contributed by atoms with van der Waals surface area (Å²) in [5, 5.41) is 6.29. The Morgan fingerprint density at radius 3 is 2.44 bits per heavy atom. The summed E-state index contributed by atoms with van der Waals surface area (Å²) >= 11 is 1.38. The summed E-state index contributed by atoms with van der Waals surface area (Å²) in [7, 11) is 0. The number of nitrogens with zero attached hydrogens (tertiary/aromatic N) is 2. The van der Waals surface area contributed by atoms with Crippen LogP contribution in [-0.2, 0) is 9.59 Å². The van der Waals surface area contributed by atoms with E-state index >= 15 is 0 Å². The quantitative estimate of drug-likeness (QED) is 0.637. The molecular formula is C20H20N4O2S. The van der Waals surface area contributed by atoms with Crippen LogP contribution in [0, 0.1) is 6.92 Å². The highest BCUT2D eigenvalue weighted by molar-refractivity contribution is 7.99. The van der Waals surface area contributed by atoms with Gasteiger partial charge in [-0.2, -0.15) is 0 Å². The molecule has 0 aliphatic rings. The van der Waals surface area contributed by atoms with Gasteiger partial charge in [0.2, 0.25) is 11.8 Å². The summed E-state index contributed by atoms with van der Waals surface area (Å²) in [6, 6.07) is 15.1. The number of rotatable bonds is 6. The van der Waals surface area contributed by atoms with Crippen LogP contribution in [0.25, 0.3) is 5.69 Å². The van der Waals surface area contributed by atoms with Gasteiger partial charge in [0.1, 0.15) is 0 Å². The van der Waals surface area contributed by atoms with E-state index in [1.165, 1.54) is 18.7 Å². The van der Waals surface area contributed by atoms with Crippen LogP contribution in [0.1, 0.15) is 12.5 Å². The SMILES string of the molecule is CC(=O)Nc1ccc(NC(=O)CSc2nccn2-c2cccc(C)c2)cc1. The average Bonchev–Trinajstić information content (AvgIpc) is 3.10. The summed E-state index contributed by atoms with van der Waals surface area (Å²) in [6.45, 7) is 3.49. The van der Waals surface area contributed by atoms with Gasteiger partial charge in [0, 0.05) is 36.4 Å². The zero-order valence-electron chi connectivity index (χ0n) is 15.1. The largest absolute Gasteiger partial charge is 0.326 e. The second-order valence-corrected chi connectivity index (χ2v) is 6.96. The number of amides is 2. The molecule has 0 atom stereocenters. The van der Waals surface area contributed by atoms with Crippen molar-refractivity contribution in [1.29, 1.82) is 0 Å². The first-order valence-corrected chi connectivity index (χ1v) is 9.40. The van der Waals surface area contributed by atoms with Crippen LogP contribution in [0.15, 0.2) is 66.1 Å². The molecule has 3 rings (SSSR count). The Morgan fingerprint density at radius 1 is 1.07 bits per heavy atom. The molecule has 0 radical (unpaired) electrons. The Hall–Kier alpha value is -3.06. The minimum absolute atomic E-state index is 0.119. The Labute approximate surface area is 162 Å². The standard InChI is InChI=1S/C20H20N4O2S/c1-14-4-3-5-18(12-14)24-11-10-21-20(24)27-13-19(26)23-17-8-6-16(7-9-17)22-15(2)25/h3-12H,13H2,1-2H3,(H,22,25)(H,23,26). The van der Waals surface area contributed by atoms with Gasteiger partial charge in [-0.25, -0.2) is 4.98 Å². The molecule has 0 aliphatic heterocycles. The molecule has 0 fully saturated rings. The average molecular weight is 380 g/mol. The Morgan fingerprint density at radius 2 is 1.78 bits per heavy atom. The molecule has 0 spiro atoms. The molecule has 0 unspecified atom stereocenters. The van der Waals surface area contributed by atoms with Crippen molar-refractivity contribution in [3.05, 3.63) is 66.5 Å². The lowest BCUT2D eigenvalue weighted by molar-refractivity contribution is -0.114. The maximum atomic E-state index is 12.2. The molecule has 0 saturated carbocycles. The third kappa shape index (κ3) is 5.21. The van der Waals surface area contributed by atoms with Crippen LogP contribution in [0.2, 0.25) is 0 Å². The van der Waals surface area contributed by atoms with Gasteiger partial charge in [0.25, 0.3) is 0 Å². The minimum atomic E-state index is -0.132. The number of aromatic nitrogens is 2.